The summed E-state index contributed by atoms with van der Waals surface area (Å²) in [7, 11) is 1.62. The van der Waals surface area contributed by atoms with Crippen molar-refractivity contribution in [1.82, 2.24) is 19.9 Å². The number of methoxy groups -OCH3 is 1. The molecule has 29 heavy (non-hydrogen) atoms. The lowest BCUT2D eigenvalue weighted by atomic mass is 10.1. The highest BCUT2D eigenvalue weighted by Crippen LogP contribution is 2.30. The zero-order valence-electron chi connectivity index (χ0n) is 17.2. The van der Waals surface area contributed by atoms with Crippen LogP contribution in [-0.4, -0.2) is 58.5 Å². The van der Waals surface area contributed by atoms with Gasteiger partial charge in [0.2, 0.25) is 11.8 Å². The van der Waals surface area contributed by atoms with Crippen LogP contribution < -0.4 is 4.90 Å². The third-order valence-electron chi connectivity index (χ3n) is 5.98. The molecule has 0 N–H and O–H groups in total. The van der Waals surface area contributed by atoms with Crippen LogP contribution in [0.25, 0.3) is 0 Å². The number of rotatable bonds is 5. The largest absolute Gasteiger partial charge is 0.378 e. The molecule has 0 radical (unpaired) electrons. The third-order valence-corrected chi connectivity index (χ3v) is 5.98. The van der Waals surface area contributed by atoms with E-state index in [1.165, 1.54) is 5.56 Å². The average Bonchev–Trinajstić information content (AvgIpc) is 3.43. The lowest BCUT2D eigenvalue weighted by Gasteiger charge is -2.21. The maximum absolute atomic E-state index is 13.1. The Labute approximate surface area is 170 Å². The van der Waals surface area contributed by atoms with Crippen LogP contribution in [0.5, 0.6) is 0 Å². The van der Waals surface area contributed by atoms with Crippen molar-refractivity contribution >= 4 is 17.5 Å². The molecule has 8 heteroatoms. The van der Waals surface area contributed by atoms with E-state index in [1.807, 2.05) is 47.8 Å². The van der Waals surface area contributed by atoms with Crippen molar-refractivity contribution in [2.45, 2.75) is 39.3 Å². The number of carbonyl (C=O) groups is 2. The van der Waals surface area contributed by atoms with E-state index in [0.717, 1.165) is 23.4 Å². The zero-order chi connectivity index (χ0) is 20.5. The molecule has 8 nitrogen and oxygen atoms in total. The fourth-order valence-electron chi connectivity index (χ4n) is 4.14. The molecule has 2 aliphatic rings. The summed E-state index contributed by atoms with van der Waals surface area (Å²) in [5.41, 5.74) is 4.00. The summed E-state index contributed by atoms with van der Waals surface area (Å²) in [5, 5.41) is 8.27. The number of nitrogens with zero attached hydrogens (tertiary/aromatic N) is 5. The molecule has 2 atom stereocenters. The quantitative estimate of drug-likeness (QED) is 0.769. The minimum atomic E-state index is -0.289. The van der Waals surface area contributed by atoms with Crippen molar-refractivity contribution in [2.75, 3.05) is 31.6 Å². The van der Waals surface area contributed by atoms with Gasteiger partial charge in [-0.15, -0.1) is 5.10 Å². The molecule has 1 aromatic carbocycles. The molecular weight excluding hydrogens is 370 g/mol. The Balaban J connectivity index is 1.39. The number of aryl methyl sites for hydroxylation is 2. The molecule has 0 spiro atoms. The second-order valence-corrected chi connectivity index (χ2v) is 8.02. The first-order chi connectivity index (χ1) is 14.0. The lowest BCUT2D eigenvalue weighted by Crippen LogP contribution is -2.36. The monoisotopic (exact) mass is 397 g/mol. The Morgan fingerprint density at radius 1 is 1.24 bits per heavy atom. The van der Waals surface area contributed by atoms with Crippen molar-refractivity contribution < 1.29 is 14.3 Å². The highest BCUT2D eigenvalue weighted by atomic mass is 16.5. The summed E-state index contributed by atoms with van der Waals surface area (Å²) >= 11 is 0. The predicted octanol–water partition coefficient (Wildman–Crippen LogP) is 1.87. The highest BCUT2D eigenvalue weighted by Gasteiger charge is 2.39. The molecule has 2 amide bonds. The SMILES string of the molecule is COCc1cn(C2CCN(C(=O)C3CC(=O)N(c4ccc(C)c(C)c4)C3)C2)nn1. The molecule has 1 aromatic heterocycles. The number of amides is 2. The van der Waals surface area contributed by atoms with Crippen LogP contribution >= 0.6 is 0 Å². The molecule has 0 saturated carbocycles. The van der Waals surface area contributed by atoms with E-state index < -0.39 is 0 Å². The summed E-state index contributed by atoms with van der Waals surface area (Å²) in [6.07, 6.45) is 2.99. The molecule has 4 rings (SSSR count). The summed E-state index contributed by atoms with van der Waals surface area (Å²) in [6.45, 7) is 6.24. The van der Waals surface area contributed by atoms with Gasteiger partial charge in [-0.25, -0.2) is 4.68 Å². The van der Waals surface area contributed by atoms with E-state index in [1.54, 1.807) is 12.0 Å². The molecule has 154 valence electrons. The van der Waals surface area contributed by atoms with E-state index >= 15 is 0 Å². The second-order valence-electron chi connectivity index (χ2n) is 8.02. The van der Waals surface area contributed by atoms with Gasteiger partial charge in [0.1, 0.15) is 5.69 Å². The van der Waals surface area contributed by atoms with Crippen LogP contribution in [0.2, 0.25) is 0 Å². The van der Waals surface area contributed by atoms with Crippen molar-refractivity contribution in [3.05, 3.63) is 41.2 Å². The maximum Gasteiger partial charge on any atom is 0.228 e. The number of benzene rings is 1. The van der Waals surface area contributed by atoms with Crippen molar-refractivity contribution in [3.63, 3.8) is 0 Å². The van der Waals surface area contributed by atoms with Crippen LogP contribution in [0.3, 0.4) is 0 Å². The minimum Gasteiger partial charge on any atom is -0.378 e. The fraction of sp³-hybridized carbons (Fsp3) is 0.524. The molecule has 3 heterocycles. The topological polar surface area (TPSA) is 80.6 Å². The molecule has 2 aromatic rings. The van der Waals surface area contributed by atoms with Gasteiger partial charge < -0.3 is 14.5 Å². The fourth-order valence-corrected chi connectivity index (χ4v) is 4.14. The summed E-state index contributed by atoms with van der Waals surface area (Å²) < 4.78 is 6.91. The van der Waals surface area contributed by atoms with Crippen LogP contribution in [0.4, 0.5) is 5.69 Å². The van der Waals surface area contributed by atoms with Gasteiger partial charge in [0.15, 0.2) is 0 Å². The van der Waals surface area contributed by atoms with Gasteiger partial charge >= 0.3 is 0 Å². The molecule has 2 aliphatic heterocycles. The third kappa shape index (κ3) is 3.89. The Morgan fingerprint density at radius 2 is 2.07 bits per heavy atom. The van der Waals surface area contributed by atoms with Crippen molar-refractivity contribution in [1.29, 1.82) is 0 Å². The van der Waals surface area contributed by atoms with E-state index in [0.29, 0.717) is 26.2 Å². The normalized spacial score (nSPS) is 22.0. The predicted molar refractivity (Wildman–Crippen MR) is 107 cm³/mol. The number of aromatic nitrogens is 3. The standard InChI is InChI=1S/C21H27N5O3/c1-14-4-5-18(8-15(14)2)25-10-16(9-20(25)27)21(28)24-7-6-19(12-24)26-11-17(13-29-3)22-23-26/h4-5,8,11,16,19H,6-7,9-10,12-13H2,1-3H3. The van der Waals surface area contributed by atoms with Gasteiger partial charge in [-0.05, 0) is 43.5 Å². The first kappa shape index (κ1) is 19.6. The first-order valence-electron chi connectivity index (χ1n) is 10.0. The van der Waals surface area contributed by atoms with Gasteiger partial charge in [-0.1, -0.05) is 11.3 Å². The van der Waals surface area contributed by atoms with Crippen LogP contribution in [0.15, 0.2) is 24.4 Å². The molecule has 0 bridgehead atoms. The summed E-state index contributed by atoms with van der Waals surface area (Å²) in [4.78, 5) is 29.2. The van der Waals surface area contributed by atoms with Gasteiger partial charge in [0.25, 0.3) is 0 Å². The number of anilines is 1. The first-order valence-corrected chi connectivity index (χ1v) is 10.0. The summed E-state index contributed by atoms with van der Waals surface area (Å²) in [6, 6.07) is 6.12. The maximum atomic E-state index is 13.1. The Kier molecular flexibility index (Phi) is 5.36. The average molecular weight is 397 g/mol. The smallest absolute Gasteiger partial charge is 0.228 e. The number of ether oxygens (including phenoxy) is 1. The molecule has 0 aliphatic carbocycles. The lowest BCUT2D eigenvalue weighted by molar-refractivity contribution is -0.134. The number of hydrogen-bond donors (Lipinski definition) is 0. The van der Waals surface area contributed by atoms with E-state index in [2.05, 4.69) is 10.3 Å². The molecular formula is C21H27N5O3. The number of hydrogen-bond acceptors (Lipinski definition) is 5. The Morgan fingerprint density at radius 3 is 2.83 bits per heavy atom. The highest BCUT2D eigenvalue weighted by molar-refractivity contribution is 6.00. The van der Waals surface area contributed by atoms with E-state index in [-0.39, 0.29) is 30.2 Å². The molecule has 2 fully saturated rings. The van der Waals surface area contributed by atoms with Gasteiger partial charge in [0, 0.05) is 38.9 Å². The van der Waals surface area contributed by atoms with Gasteiger partial charge in [-0.2, -0.15) is 0 Å². The van der Waals surface area contributed by atoms with Crippen molar-refractivity contribution in [2.24, 2.45) is 5.92 Å². The minimum absolute atomic E-state index is 0.0165. The van der Waals surface area contributed by atoms with Crippen LogP contribution in [0, 0.1) is 19.8 Å². The summed E-state index contributed by atoms with van der Waals surface area (Å²) in [5.74, 6) is -0.213. The number of likely N-dealkylation sites (tertiary alicyclic amines) is 1. The van der Waals surface area contributed by atoms with Gasteiger partial charge in [0.05, 0.1) is 24.8 Å². The van der Waals surface area contributed by atoms with E-state index in [4.69, 9.17) is 4.74 Å². The Bertz CT molecular complexity index is 925. The molecule has 2 unspecified atom stereocenters. The number of carbonyl (C=O) groups excluding carboxylic acids is 2. The van der Waals surface area contributed by atoms with Gasteiger partial charge in [-0.3, -0.25) is 9.59 Å². The molecule has 2 saturated heterocycles. The zero-order valence-corrected chi connectivity index (χ0v) is 17.2. The van der Waals surface area contributed by atoms with Crippen molar-refractivity contribution in [3.8, 4) is 0 Å². The van der Waals surface area contributed by atoms with Crippen LogP contribution in [-0.2, 0) is 20.9 Å². The van der Waals surface area contributed by atoms with E-state index in [9.17, 15) is 9.59 Å². The van der Waals surface area contributed by atoms with Crippen LogP contribution in [0.1, 0.15) is 35.7 Å². The second kappa shape index (κ2) is 7.94. The Hall–Kier alpha value is -2.74.